The topological polar surface area (TPSA) is 23.8 Å². The van der Waals surface area contributed by atoms with E-state index in [1.165, 1.54) is 0 Å². The minimum absolute atomic E-state index is 0. The van der Waals surface area contributed by atoms with Crippen molar-refractivity contribution < 1.29 is 22.4 Å². The van der Waals surface area contributed by atoms with E-state index in [4.69, 9.17) is 11.7 Å². The minimum Gasteiger partial charge on any atom is -0.366 e. The monoisotopic (exact) mass is 233 g/mol. The molecule has 0 aliphatic heterocycles. The van der Waals surface area contributed by atoms with Crippen LogP contribution >= 0.6 is 0 Å². The second-order valence-electron chi connectivity index (χ2n) is 1.81. The first kappa shape index (κ1) is 10.0. The SMILES string of the molecule is [Ag+].[C-]#Cc1ccc(C#N)cc1. The zero-order valence-electron chi connectivity index (χ0n) is 5.56. The van der Waals surface area contributed by atoms with E-state index in [0.29, 0.717) is 11.1 Å². The molecule has 0 amide bonds. The van der Waals surface area contributed by atoms with Gasteiger partial charge in [0.1, 0.15) is 0 Å². The van der Waals surface area contributed by atoms with Crippen LogP contribution in [0.4, 0.5) is 0 Å². The van der Waals surface area contributed by atoms with Gasteiger partial charge in [-0.3, -0.25) is 5.92 Å². The Balaban J connectivity index is 0.000001000. The summed E-state index contributed by atoms with van der Waals surface area (Å²) in [5.74, 6) is 2.22. The van der Waals surface area contributed by atoms with E-state index in [2.05, 4.69) is 5.92 Å². The molecule has 0 N–H and O–H groups in total. The molecule has 1 aromatic rings. The summed E-state index contributed by atoms with van der Waals surface area (Å²) < 4.78 is 0. The standard InChI is InChI=1S/C9H4N.Ag/c1-2-8-3-5-9(7-10)6-4-8;/h3-6H;/q-1;+1. The normalized spacial score (nSPS) is 7.09. The zero-order chi connectivity index (χ0) is 7.40. The van der Waals surface area contributed by atoms with Gasteiger partial charge >= 0.3 is 22.4 Å². The maximum atomic E-state index is 8.38. The number of nitriles is 1. The summed E-state index contributed by atoms with van der Waals surface area (Å²) in [5.41, 5.74) is 1.30. The van der Waals surface area contributed by atoms with Gasteiger partial charge in [0.15, 0.2) is 0 Å². The third kappa shape index (κ3) is 2.62. The Morgan fingerprint density at radius 1 is 1.09 bits per heavy atom. The molecule has 0 atom stereocenters. The molecule has 2 heteroatoms. The maximum absolute atomic E-state index is 8.38. The quantitative estimate of drug-likeness (QED) is 0.379. The molecule has 1 rings (SSSR count). The first-order valence-corrected chi connectivity index (χ1v) is 2.79. The molecule has 0 spiro atoms. The average Bonchev–Trinajstić information content (AvgIpc) is 2.05. The molecule has 56 valence electrons. The summed E-state index contributed by atoms with van der Waals surface area (Å²) in [6.45, 7) is 0. The first-order valence-electron chi connectivity index (χ1n) is 2.79. The van der Waals surface area contributed by atoms with Crippen LogP contribution in [-0.4, -0.2) is 0 Å². The van der Waals surface area contributed by atoms with Gasteiger partial charge in [-0.2, -0.15) is 5.26 Å². The largest absolute Gasteiger partial charge is 1.00 e. The Morgan fingerprint density at radius 2 is 1.55 bits per heavy atom. The molecular weight excluding hydrogens is 230 g/mol. The van der Waals surface area contributed by atoms with Crippen molar-refractivity contribution in [3.05, 3.63) is 41.8 Å². The van der Waals surface area contributed by atoms with Crippen LogP contribution in [0.2, 0.25) is 0 Å². The van der Waals surface area contributed by atoms with E-state index in [1.807, 2.05) is 6.07 Å². The molecule has 11 heavy (non-hydrogen) atoms. The van der Waals surface area contributed by atoms with Crippen molar-refractivity contribution in [1.82, 2.24) is 0 Å². The fraction of sp³-hybridized carbons (Fsp3) is 0. The Labute approximate surface area is 81.6 Å². The fourth-order valence-corrected chi connectivity index (χ4v) is 0.628. The maximum Gasteiger partial charge on any atom is 1.00 e. The zero-order valence-corrected chi connectivity index (χ0v) is 7.04. The van der Waals surface area contributed by atoms with Gasteiger partial charge in [0.2, 0.25) is 0 Å². The van der Waals surface area contributed by atoms with Crippen LogP contribution in [0.25, 0.3) is 0 Å². The van der Waals surface area contributed by atoms with E-state index in [9.17, 15) is 0 Å². The predicted octanol–water partition coefficient (Wildman–Crippen LogP) is 1.49. The van der Waals surface area contributed by atoms with Crippen LogP contribution in [0, 0.1) is 23.7 Å². The molecule has 0 fully saturated rings. The second-order valence-corrected chi connectivity index (χ2v) is 1.81. The Kier molecular flexibility index (Phi) is 4.34. The third-order valence-corrected chi connectivity index (χ3v) is 1.16. The Morgan fingerprint density at radius 3 is 1.91 bits per heavy atom. The second kappa shape index (κ2) is 4.77. The van der Waals surface area contributed by atoms with Crippen molar-refractivity contribution in [3.8, 4) is 12.0 Å². The van der Waals surface area contributed by atoms with Crippen molar-refractivity contribution >= 4 is 0 Å². The summed E-state index contributed by atoms with van der Waals surface area (Å²) in [6, 6.07) is 8.69. The molecule has 0 aliphatic carbocycles. The van der Waals surface area contributed by atoms with Gasteiger partial charge in [0.25, 0.3) is 0 Å². The molecule has 0 unspecified atom stereocenters. The Bertz CT molecular complexity index is 267. The molecule has 0 saturated heterocycles. The molecule has 0 radical (unpaired) electrons. The number of nitrogens with zero attached hydrogens (tertiary/aromatic N) is 1. The summed E-state index contributed by atoms with van der Waals surface area (Å²) in [6.07, 6.45) is 6.74. The average molecular weight is 234 g/mol. The van der Waals surface area contributed by atoms with Crippen LogP contribution in [-0.2, 0) is 22.4 Å². The number of rotatable bonds is 0. The summed E-state index contributed by atoms with van der Waals surface area (Å²) in [5, 5.41) is 8.38. The van der Waals surface area contributed by atoms with Crippen molar-refractivity contribution in [2.75, 3.05) is 0 Å². The van der Waals surface area contributed by atoms with Crippen LogP contribution < -0.4 is 0 Å². The number of hydrogen-bond acceptors (Lipinski definition) is 1. The molecule has 0 aliphatic rings. The van der Waals surface area contributed by atoms with E-state index in [1.54, 1.807) is 24.3 Å². The van der Waals surface area contributed by atoms with Gasteiger partial charge in [-0.25, -0.2) is 0 Å². The van der Waals surface area contributed by atoms with Gasteiger partial charge in [0.05, 0.1) is 6.07 Å². The van der Waals surface area contributed by atoms with E-state index in [-0.39, 0.29) is 22.4 Å². The molecule has 0 heterocycles. The molecule has 0 aromatic heterocycles. The van der Waals surface area contributed by atoms with Crippen molar-refractivity contribution in [1.29, 1.82) is 5.26 Å². The van der Waals surface area contributed by atoms with E-state index in [0.717, 1.165) is 0 Å². The summed E-state index contributed by atoms with van der Waals surface area (Å²) in [7, 11) is 0. The first-order chi connectivity index (χ1) is 4.86. The molecule has 0 bridgehead atoms. The molecule has 0 saturated carbocycles. The molecular formula is C9H4AgN. The van der Waals surface area contributed by atoms with Gasteiger partial charge in [-0.1, -0.05) is 12.1 Å². The predicted molar refractivity (Wildman–Crippen MR) is 37.4 cm³/mol. The van der Waals surface area contributed by atoms with Gasteiger partial charge in [-0.15, -0.1) is 17.7 Å². The Hall–Kier alpha value is -0.990. The van der Waals surface area contributed by atoms with Crippen molar-refractivity contribution in [2.24, 2.45) is 0 Å². The van der Waals surface area contributed by atoms with E-state index >= 15 is 0 Å². The van der Waals surface area contributed by atoms with Gasteiger partial charge < -0.3 is 6.42 Å². The summed E-state index contributed by atoms with van der Waals surface area (Å²) in [4.78, 5) is 0. The summed E-state index contributed by atoms with van der Waals surface area (Å²) >= 11 is 0. The molecule has 1 aromatic carbocycles. The van der Waals surface area contributed by atoms with Crippen LogP contribution in [0.1, 0.15) is 11.1 Å². The minimum atomic E-state index is 0. The van der Waals surface area contributed by atoms with Gasteiger partial charge in [0, 0.05) is 5.56 Å². The van der Waals surface area contributed by atoms with Crippen LogP contribution in [0.5, 0.6) is 0 Å². The fourth-order valence-electron chi connectivity index (χ4n) is 0.628. The van der Waals surface area contributed by atoms with Gasteiger partial charge in [-0.05, 0) is 0 Å². The number of benzene rings is 1. The van der Waals surface area contributed by atoms with Crippen LogP contribution in [0.15, 0.2) is 24.3 Å². The third-order valence-electron chi connectivity index (χ3n) is 1.16. The van der Waals surface area contributed by atoms with Crippen molar-refractivity contribution in [3.63, 3.8) is 0 Å². The molecule has 1 nitrogen and oxygen atoms in total. The van der Waals surface area contributed by atoms with Crippen molar-refractivity contribution in [2.45, 2.75) is 0 Å². The number of hydrogen-bond donors (Lipinski definition) is 0. The smallest absolute Gasteiger partial charge is 0.366 e. The van der Waals surface area contributed by atoms with E-state index < -0.39 is 0 Å². The van der Waals surface area contributed by atoms with Crippen LogP contribution in [0.3, 0.4) is 0 Å².